The highest BCUT2D eigenvalue weighted by atomic mass is 16.7. The number of benzene rings is 3. The Balaban J connectivity index is 1.41. The number of carbonyl (C=O) groups excluding carboxylic acids is 2. The van der Waals surface area contributed by atoms with E-state index in [9.17, 15) is 9.59 Å². The van der Waals surface area contributed by atoms with E-state index in [0.29, 0.717) is 5.56 Å². The second-order valence-corrected chi connectivity index (χ2v) is 6.31. The Morgan fingerprint density at radius 1 is 0.833 bits per heavy atom. The number of ketones is 1. The van der Waals surface area contributed by atoms with Gasteiger partial charge in [-0.05, 0) is 41.0 Å². The van der Waals surface area contributed by atoms with E-state index in [1.807, 2.05) is 42.5 Å². The summed E-state index contributed by atoms with van der Waals surface area (Å²) in [7, 11) is 1.59. The molecule has 3 aromatic rings. The predicted octanol–water partition coefficient (Wildman–Crippen LogP) is 4.14. The maximum atomic E-state index is 12.2. The van der Waals surface area contributed by atoms with Crippen molar-refractivity contribution >= 4 is 18.0 Å². The van der Waals surface area contributed by atoms with E-state index < -0.39 is 5.97 Å². The lowest BCUT2D eigenvalue weighted by Crippen LogP contribution is -2.17. The van der Waals surface area contributed by atoms with Gasteiger partial charge in [0.25, 0.3) is 0 Å². The highest BCUT2D eigenvalue weighted by Gasteiger charge is 2.10. The van der Waals surface area contributed by atoms with E-state index in [4.69, 9.17) is 14.3 Å². The molecule has 30 heavy (non-hydrogen) atoms. The molecule has 0 radical (unpaired) electrons. The van der Waals surface area contributed by atoms with Gasteiger partial charge in [0.2, 0.25) is 6.61 Å². The monoisotopic (exact) mass is 403 g/mol. The fraction of sp³-hybridized carbons (Fsp3) is 0.125. The summed E-state index contributed by atoms with van der Waals surface area (Å²) >= 11 is 0. The first-order chi connectivity index (χ1) is 14.7. The molecular formula is C24H21NO5. The van der Waals surface area contributed by atoms with Crippen molar-refractivity contribution in [2.75, 3.05) is 20.3 Å². The smallest absolute Gasteiger partial charge is 0.347 e. The summed E-state index contributed by atoms with van der Waals surface area (Å²) in [6, 6.07) is 24.2. The van der Waals surface area contributed by atoms with Crippen LogP contribution in [0.2, 0.25) is 0 Å². The van der Waals surface area contributed by atoms with E-state index in [1.54, 1.807) is 43.5 Å². The van der Waals surface area contributed by atoms with Gasteiger partial charge in [-0.15, -0.1) is 0 Å². The first kappa shape index (κ1) is 20.8. The molecule has 0 spiro atoms. The summed E-state index contributed by atoms with van der Waals surface area (Å²) in [4.78, 5) is 28.8. The lowest BCUT2D eigenvalue weighted by molar-refractivity contribution is -0.147. The van der Waals surface area contributed by atoms with Crippen LogP contribution in [0.5, 0.6) is 5.75 Å². The number of hydrogen-bond acceptors (Lipinski definition) is 6. The van der Waals surface area contributed by atoms with Gasteiger partial charge < -0.3 is 14.3 Å². The van der Waals surface area contributed by atoms with E-state index in [-0.39, 0.29) is 19.0 Å². The molecule has 3 rings (SSSR count). The molecule has 3 aromatic carbocycles. The third-order valence-electron chi connectivity index (χ3n) is 4.25. The lowest BCUT2D eigenvalue weighted by atomic mass is 10.0. The Morgan fingerprint density at radius 3 is 2.17 bits per heavy atom. The molecule has 0 unspecified atom stereocenters. The molecular weight excluding hydrogens is 382 g/mol. The Kier molecular flexibility index (Phi) is 7.33. The Morgan fingerprint density at radius 2 is 1.50 bits per heavy atom. The largest absolute Gasteiger partial charge is 0.497 e. The summed E-state index contributed by atoms with van der Waals surface area (Å²) in [5.74, 6) is -0.225. The Bertz CT molecular complexity index is 996. The third kappa shape index (κ3) is 6.04. The molecule has 0 fully saturated rings. The van der Waals surface area contributed by atoms with Gasteiger partial charge in [0.15, 0.2) is 12.4 Å². The summed E-state index contributed by atoms with van der Waals surface area (Å²) < 4.78 is 10.0. The summed E-state index contributed by atoms with van der Waals surface area (Å²) in [5, 5.41) is 3.71. The van der Waals surface area contributed by atoms with Gasteiger partial charge in [0.1, 0.15) is 5.75 Å². The van der Waals surface area contributed by atoms with Crippen molar-refractivity contribution in [2.45, 2.75) is 0 Å². The molecule has 0 saturated carbocycles. The zero-order valence-electron chi connectivity index (χ0n) is 16.5. The van der Waals surface area contributed by atoms with Crippen LogP contribution in [0.4, 0.5) is 0 Å². The summed E-state index contributed by atoms with van der Waals surface area (Å²) in [5.41, 5.74) is 3.33. The fourth-order valence-electron chi connectivity index (χ4n) is 2.63. The quantitative estimate of drug-likeness (QED) is 0.232. The van der Waals surface area contributed by atoms with Crippen molar-refractivity contribution in [3.05, 3.63) is 90.0 Å². The van der Waals surface area contributed by atoms with Crippen LogP contribution in [-0.4, -0.2) is 38.3 Å². The van der Waals surface area contributed by atoms with E-state index in [0.717, 1.165) is 22.4 Å². The zero-order chi connectivity index (χ0) is 21.2. The van der Waals surface area contributed by atoms with Gasteiger partial charge in [-0.1, -0.05) is 59.8 Å². The molecule has 0 aromatic heterocycles. The third-order valence-corrected chi connectivity index (χ3v) is 4.25. The van der Waals surface area contributed by atoms with Gasteiger partial charge >= 0.3 is 5.97 Å². The van der Waals surface area contributed by atoms with Crippen molar-refractivity contribution < 1.29 is 23.9 Å². The maximum Gasteiger partial charge on any atom is 0.347 e. The molecule has 0 atom stereocenters. The van der Waals surface area contributed by atoms with Gasteiger partial charge in [-0.25, -0.2) is 4.79 Å². The number of methoxy groups -OCH3 is 1. The molecule has 0 amide bonds. The van der Waals surface area contributed by atoms with Crippen LogP contribution in [-0.2, 0) is 14.4 Å². The second kappa shape index (κ2) is 10.6. The molecule has 0 aliphatic heterocycles. The normalized spacial score (nSPS) is 10.6. The molecule has 0 aliphatic rings. The number of carbonyl (C=O) groups is 2. The van der Waals surface area contributed by atoms with Crippen molar-refractivity contribution in [3.63, 3.8) is 0 Å². The van der Waals surface area contributed by atoms with Gasteiger partial charge in [0, 0.05) is 5.56 Å². The number of Topliss-reactive ketones (excluding diaryl/α,β-unsaturated/α-hetero) is 1. The van der Waals surface area contributed by atoms with Crippen LogP contribution in [0.3, 0.4) is 0 Å². The number of esters is 1. The number of oxime groups is 1. The molecule has 0 aliphatic carbocycles. The average molecular weight is 403 g/mol. The number of hydrogen-bond donors (Lipinski definition) is 0. The maximum absolute atomic E-state index is 12.2. The van der Waals surface area contributed by atoms with Gasteiger partial charge in [-0.2, -0.15) is 0 Å². The van der Waals surface area contributed by atoms with Crippen LogP contribution in [0, 0.1) is 0 Å². The predicted molar refractivity (Wildman–Crippen MR) is 114 cm³/mol. The highest BCUT2D eigenvalue weighted by molar-refractivity contribution is 5.98. The van der Waals surface area contributed by atoms with E-state index in [2.05, 4.69) is 5.16 Å². The number of nitrogens with zero attached hydrogens (tertiary/aromatic N) is 1. The van der Waals surface area contributed by atoms with Crippen LogP contribution in [0.25, 0.3) is 11.1 Å². The van der Waals surface area contributed by atoms with E-state index >= 15 is 0 Å². The van der Waals surface area contributed by atoms with Crippen molar-refractivity contribution in [2.24, 2.45) is 5.16 Å². The molecule has 0 bridgehead atoms. The van der Waals surface area contributed by atoms with Crippen molar-refractivity contribution in [3.8, 4) is 16.9 Å². The standard InChI is InChI=1S/C24H21NO5/c1-28-22-13-7-18(8-14-22)15-25-30-17-24(27)29-16-23(26)21-11-9-20(10-12-21)19-5-3-2-4-6-19/h2-15H,16-17H2,1H3/b25-15-. The van der Waals surface area contributed by atoms with Crippen molar-refractivity contribution in [1.82, 2.24) is 0 Å². The second-order valence-electron chi connectivity index (χ2n) is 6.31. The average Bonchev–Trinajstić information content (AvgIpc) is 2.81. The molecule has 0 N–H and O–H groups in total. The molecule has 6 heteroatoms. The number of ether oxygens (including phenoxy) is 2. The van der Waals surface area contributed by atoms with E-state index in [1.165, 1.54) is 6.21 Å². The van der Waals surface area contributed by atoms with Crippen LogP contribution >= 0.6 is 0 Å². The SMILES string of the molecule is COc1ccc(/C=N\OCC(=O)OCC(=O)c2ccc(-c3ccccc3)cc2)cc1. The van der Waals surface area contributed by atoms with Crippen LogP contribution < -0.4 is 4.74 Å². The summed E-state index contributed by atoms with van der Waals surface area (Å²) in [6.45, 7) is -0.734. The zero-order valence-corrected chi connectivity index (χ0v) is 16.5. The minimum atomic E-state index is -0.670. The Hall–Kier alpha value is -3.93. The van der Waals surface area contributed by atoms with Gasteiger partial charge in [0.05, 0.1) is 13.3 Å². The molecule has 0 saturated heterocycles. The highest BCUT2D eigenvalue weighted by Crippen LogP contribution is 2.19. The topological polar surface area (TPSA) is 74.2 Å². The molecule has 6 nitrogen and oxygen atoms in total. The van der Waals surface area contributed by atoms with Crippen LogP contribution in [0.1, 0.15) is 15.9 Å². The fourth-order valence-corrected chi connectivity index (χ4v) is 2.63. The lowest BCUT2D eigenvalue weighted by Gasteiger charge is -2.05. The van der Waals surface area contributed by atoms with Crippen molar-refractivity contribution in [1.29, 1.82) is 0 Å². The minimum absolute atomic E-state index is 0.287. The minimum Gasteiger partial charge on any atom is -0.497 e. The Labute approximate surface area is 174 Å². The number of rotatable bonds is 9. The van der Waals surface area contributed by atoms with Gasteiger partial charge in [-0.3, -0.25) is 4.79 Å². The first-order valence-electron chi connectivity index (χ1n) is 9.29. The van der Waals surface area contributed by atoms with Crippen LogP contribution in [0.15, 0.2) is 84.0 Å². The molecule has 0 heterocycles. The summed E-state index contributed by atoms with van der Waals surface area (Å²) in [6.07, 6.45) is 1.46. The first-order valence-corrected chi connectivity index (χ1v) is 9.29. The molecule has 152 valence electrons.